The lowest BCUT2D eigenvalue weighted by molar-refractivity contribution is -0.200. The molecule has 164 valence electrons. The Hall–Kier alpha value is -1.93. The van der Waals surface area contributed by atoms with Crippen LogP contribution in [0.1, 0.15) is 64.7 Å². The molecule has 0 spiro atoms. The van der Waals surface area contributed by atoms with Gasteiger partial charge in [0.15, 0.2) is 6.29 Å². The second-order valence-corrected chi connectivity index (χ2v) is 7.87. The molecule has 0 aromatic carbocycles. The number of likely N-dealkylation sites (N-methyl/N-ethyl adjacent to an activating group) is 1. The van der Waals surface area contributed by atoms with Crippen molar-refractivity contribution in [1.82, 2.24) is 15.7 Å². The maximum Gasteiger partial charge on any atom is 0.244 e. The Balaban J connectivity index is 1.92. The quantitative estimate of drug-likeness (QED) is 0.547. The molecule has 2 aliphatic heterocycles. The molecule has 29 heavy (non-hydrogen) atoms. The number of allylic oxidation sites excluding steroid dienone is 2. The van der Waals surface area contributed by atoms with E-state index in [9.17, 15) is 14.4 Å². The zero-order valence-corrected chi connectivity index (χ0v) is 17.7. The smallest absolute Gasteiger partial charge is 0.244 e. The highest BCUT2D eigenvalue weighted by Gasteiger charge is 2.26. The van der Waals surface area contributed by atoms with Gasteiger partial charge in [0.05, 0.1) is 0 Å². The first-order chi connectivity index (χ1) is 14.0. The van der Waals surface area contributed by atoms with Gasteiger partial charge in [-0.1, -0.05) is 12.2 Å². The lowest BCUT2D eigenvalue weighted by Crippen LogP contribution is -2.48. The highest BCUT2D eigenvalue weighted by molar-refractivity contribution is 5.90. The summed E-state index contributed by atoms with van der Waals surface area (Å²) < 4.78 is 5.42. The van der Waals surface area contributed by atoms with E-state index in [0.717, 1.165) is 44.9 Å². The molecule has 1 saturated heterocycles. The highest BCUT2D eigenvalue weighted by atomic mass is 16.8. The molecule has 2 aliphatic rings. The van der Waals surface area contributed by atoms with Crippen molar-refractivity contribution in [2.75, 3.05) is 20.2 Å². The van der Waals surface area contributed by atoms with E-state index in [4.69, 9.17) is 9.57 Å². The maximum absolute atomic E-state index is 12.7. The molecule has 0 aromatic rings. The lowest BCUT2D eigenvalue weighted by atomic mass is 9.96. The molecular weight excluding hydrogens is 374 g/mol. The van der Waals surface area contributed by atoms with Crippen LogP contribution in [-0.4, -0.2) is 55.2 Å². The summed E-state index contributed by atoms with van der Waals surface area (Å²) in [6, 6.07) is -0.622. The number of carbonyl (C=O) groups excluding carboxylic acids is 3. The summed E-state index contributed by atoms with van der Waals surface area (Å²) in [5.41, 5.74) is 2.42. The average molecular weight is 410 g/mol. The third-order valence-electron chi connectivity index (χ3n) is 5.30. The summed E-state index contributed by atoms with van der Waals surface area (Å²) in [5, 5.41) is 2.78. The van der Waals surface area contributed by atoms with Crippen molar-refractivity contribution < 1.29 is 24.0 Å². The number of hydrogen-bond acceptors (Lipinski definition) is 5. The number of nitrogens with zero attached hydrogens (tertiary/aromatic N) is 1. The molecule has 0 aliphatic carbocycles. The minimum Gasteiger partial charge on any atom is -0.350 e. The van der Waals surface area contributed by atoms with Crippen LogP contribution >= 0.6 is 0 Å². The molecule has 1 fully saturated rings. The summed E-state index contributed by atoms with van der Waals surface area (Å²) >= 11 is 0. The number of rotatable bonds is 4. The SMILES string of the molecule is C[C@@H]1NC(=O)[C@@H](CC(=O)NOC2CCCCO2)CCC/C=C/CCCN(C)C1=O. The Bertz CT molecular complexity index is 575. The monoisotopic (exact) mass is 409 g/mol. The van der Waals surface area contributed by atoms with Gasteiger partial charge in [0.1, 0.15) is 6.04 Å². The first-order valence-electron chi connectivity index (χ1n) is 10.7. The fourth-order valence-corrected chi connectivity index (χ4v) is 3.52. The molecule has 8 nitrogen and oxygen atoms in total. The average Bonchev–Trinajstić information content (AvgIpc) is 2.72. The Kier molecular flexibility index (Phi) is 10.1. The van der Waals surface area contributed by atoms with E-state index in [1.165, 1.54) is 0 Å². The predicted molar refractivity (Wildman–Crippen MR) is 108 cm³/mol. The van der Waals surface area contributed by atoms with Crippen molar-refractivity contribution >= 4 is 17.7 Å². The van der Waals surface area contributed by atoms with E-state index < -0.39 is 18.2 Å². The van der Waals surface area contributed by atoms with Crippen LogP contribution in [0.5, 0.6) is 0 Å². The van der Waals surface area contributed by atoms with Crippen LogP contribution in [0, 0.1) is 5.92 Å². The van der Waals surface area contributed by atoms with E-state index >= 15 is 0 Å². The Morgan fingerprint density at radius 3 is 2.69 bits per heavy atom. The minimum absolute atomic E-state index is 0.0129. The summed E-state index contributed by atoms with van der Waals surface area (Å²) in [7, 11) is 1.75. The molecule has 2 rings (SSSR count). The van der Waals surface area contributed by atoms with Crippen molar-refractivity contribution in [3.05, 3.63) is 12.2 Å². The van der Waals surface area contributed by atoms with Gasteiger partial charge >= 0.3 is 0 Å². The van der Waals surface area contributed by atoms with E-state index in [-0.39, 0.29) is 24.1 Å². The predicted octanol–water partition coefficient (Wildman–Crippen LogP) is 2.05. The standard InChI is InChI=1S/C21H35N3O5/c1-16-21(27)24(2)13-9-6-4-3-5-7-11-17(20(26)22-16)15-18(25)23-29-19-12-8-10-14-28-19/h3-4,16-17,19H,5-15H2,1-2H3,(H,22,26)(H,23,25)/b4-3+/t16-,17+,19?/m0/s1. The number of hydrogen-bond donors (Lipinski definition) is 2. The third-order valence-corrected chi connectivity index (χ3v) is 5.30. The third kappa shape index (κ3) is 8.53. The van der Waals surface area contributed by atoms with Crippen LogP contribution in [0.4, 0.5) is 0 Å². The number of carbonyl (C=O) groups is 3. The molecule has 0 radical (unpaired) electrons. The molecular formula is C21H35N3O5. The van der Waals surface area contributed by atoms with Gasteiger partial charge in [-0.05, 0) is 51.9 Å². The Morgan fingerprint density at radius 1 is 1.21 bits per heavy atom. The van der Waals surface area contributed by atoms with Gasteiger partial charge in [0.25, 0.3) is 0 Å². The van der Waals surface area contributed by atoms with Crippen LogP contribution in [-0.2, 0) is 24.0 Å². The summed E-state index contributed by atoms with van der Waals surface area (Å²) in [5.74, 6) is -1.26. The number of amides is 3. The van der Waals surface area contributed by atoms with Crippen molar-refractivity contribution in [3.63, 3.8) is 0 Å². The summed E-state index contributed by atoms with van der Waals surface area (Å²) in [4.78, 5) is 44.5. The fourth-order valence-electron chi connectivity index (χ4n) is 3.52. The van der Waals surface area contributed by atoms with Gasteiger partial charge < -0.3 is 15.0 Å². The zero-order valence-electron chi connectivity index (χ0n) is 17.7. The molecule has 2 heterocycles. The lowest BCUT2D eigenvalue weighted by Gasteiger charge is -2.25. The van der Waals surface area contributed by atoms with Gasteiger partial charge in [-0.25, -0.2) is 10.3 Å². The number of hydroxylamine groups is 1. The maximum atomic E-state index is 12.7. The normalized spacial score (nSPS) is 28.9. The Labute approximate surface area is 173 Å². The molecule has 2 N–H and O–H groups in total. The van der Waals surface area contributed by atoms with E-state index in [0.29, 0.717) is 19.6 Å². The Morgan fingerprint density at radius 2 is 1.97 bits per heavy atom. The van der Waals surface area contributed by atoms with Gasteiger partial charge in [0, 0.05) is 39.0 Å². The first kappa shape index (κ1) is 23.3. The molecule has 1 unspecified atom stereocenters. The van der Waals surface area contributed by atoms with E-state index in [1.807, 2.05) is 0 Å². The van der Waals surface area contributed by atoms with Crippen LogP contribution in [0.2, 0.25) is 0 Å². The highest BCUT2D eigenvalue weighted by Crippen LogP contribution is 2.16. The second-order valence-electron chi connectivity index (χ2n) is 7.87. The van der Waals surface area contributed by atoms with Gasteiger partial charge in [-0.3, -0.25) is 14.4 Å². The summed E-state index contributed by atoms with van der Waals surface area (Å²) in [6.45, 7) is 2.96. The van der Waals surface area contributed by atoms with Gasteiger partial charge in [-0.15, -0.1) is 0 Å². The van der Waals surface area contributed by atoms with E-state index in [1.54, 1.807) is 18.9 Å². The van der Waals surface area contributed by atoms with Gasteiger partial charge in [0.2, 0.25) is 17.7 Å². The van der Waals surface area contributed by atoms with E-state index in [2.05, 4.69) is 22.9 Å². The molecule has 0 bridgehead atoms. The molecule has 0 aromatic heterocycles. The largest absolute Gasteiger partial charge is 0.350 e. The molecule has 8 heteroatoms. The van der Waals surface area contributed by atoms with Crippen molar-refractivity contribution in [2.24, 2.45) is 5.92 Å². The topological polar surface area (TPSA) is 97.0 Å². The molecule has 3 atom stereocenters. The summed E-state index contributed by atoms with van der Waals surface area (Å²) in [6.07, 6.45) is 10.6. The van der Waals surface area contributed by atoms with Crippen molar-refractivity contribution in [2.45, 2.75) is 77.0 Å². The van der Waals surface area contributed by atoms with Crippen LogP contribution in [0.15, 0.2) is 12.2 Å². The number of ether oxygens (including phenoxy) is 1. The van der Waals surface area contributed by atoms with Crippen molar-refractivity contribution in [3.8, 4) is 0 Å². The van der Waals surface area contributed by atoms with Crippen LogP contribution in [0.3, 0.4) is 0 Å². The van der Waals surface area contributed by atoms with Crippen LogP contribution < -0.4 is 10.8 Å². The number of nitrogens with one attached hydrogen (secondary N) is 2. The fraction of sp³-hybridized carbons (Fsp3) is 0.762. The first-order valence-corrected chi connectivity index (χ1v) is 10.7. The van der Waals surface area contributed by atoms with Gasteiger partial charge in [-0.2, -0.15) is 0 Å². The zero-order chi connectivity index (χ0) is 21.1. The molecule has 0 saturated carbocycles. The molecule has 3 amide bonds. The van der Waals surface area contributed by atoms with Crippen molar-refractivity contribution in [1.29, 1.82) is 0 Å². The second kappa shape index (κ2) is 12.6. The van der Waals surface area contributed by atoms with Crippen LogP contribution in [0.25, 0.3) is 0 Å². The minimum atomic E-state index is -0.622.